The zero-order valence-corrected chi connectivity index (χ0v) is 41.5. The Hall–Kier alpha value is -1.80. The minimum Gasteiger partial charge on any atom is -0.296 e. The number of rotatable bonds is 24. The topological polar surface area (TPSA) is 81.2 Å². The van der Waals surface area contributed by atoms with Gasteiger partial charge in [-0.05, 0) is 108 Å². The van der Waals surface area contributed by atoms with Crippen LogP contribution in [0.3, 0.4) is 0 Å². The fourth-order valence-corrected chi connectivity index (χ4v) is 11.4. The summed E-state index contributed by atoms with van der Waals surface area (Å²) in [6.45, 7) is 22.4. The van der Waals surface area contributed by atoms with Crippen LogP contribution in [0, 0.1) is 11.8 Å². The average Bonchev–Trinajstić information content (AvgIpc) is 3.61. The molecule has 0 aromatic heterocycles. The van der Waals surface area contributed by atoms with Crippen LogP contribution in [-0.2, 0) is 19.2 Å². The lowest BCUT2D eigenvalue weighted by atomic mass is 9.77. The van der Waals surface area contributed by atoms with Gasteiger partial charge in [0, 0.05) is 58.9 Å². The van der Waals surface area contributed by atoms with Crippen LogP contribution in [-0.4, -0.2) is 91.6 Å². The number of amides is 4. The molecule has 0 bridgehead atoms. The van der Waals surface area contributed by atoms with Gasteiger partial charge in [0.1, 0.15) is 0 Å². The van der Waals surface area contributed by atoms with E-state index in [1.54, 1.807) is 9.80 Å². The molecule has 0 spiro atoms. The Balaban J connectivity index is 0.000000320. The van der Waals surface area contributed by atoms with Crippen LogP contribution in [0.2, 0.25) is 0 Å². The normalized spacial score (nSPS) is 24.7. The molecule has 4 rings (SSSR count). The number of hydrogen-bond acceptors (Lipinski definition) is 6. The van der Waals surface area contributed by atoms with E-state index in [4.69, 9.17) is 0 Å². The third-order valence-electron chi connectivity index (χ3n) is 15.7. The number of unbranched alkanes of at least 4 members (excludes halogenated alkanes) is 18. The van der Waals surface area contributed by atoms with E-state index in [0.717, 1.165) is 51.4 Å². The van der Waals surface area contributed by atoms with E-state index < -0.39 is 0 Å². The summed E-state index contributed by atoms with van der Waals surface area (Å²) in [4.78, 5) is 59.9. The molecule has 4 aliphatic rings. The van der Waals surface area contributed by atoms with Crippen molar-refractivity contribution in [1.29, 1.82) is 0 Å². The molecule has 4 saturated heterocycles. The van der Waals surface area contributed by atoms with Crippen LogP contribution in [0.5, 0.6) is 0 Å². The third-order valence-corrected chi connectivity index (χ3v) is 15.7. The zero-order chi connectivity index (χ0) is 44.7. The maximum atomic E-state index is 13.1. The van der Waals surface area contributed by atoms with Crippen molar-refractivity contribution in [2.24, 2.45) is 11.8 Å². The summed E-state index contributed by atoms with van der Waals surface area (Å²) >= 11 is 0. The molecule has 2 atom stereocenters. The Morgan fingerprint density at radius 1 is 0.400 bits per heavy atom. The number of hydrogen-bond donors (Lipinski definition) is 0. The highest BCUT2D eigenvalue weighted by Crippen LogP contribution is 2.43. The van der Waals surface area contributed by atoms with Gasteiger partial charge in [-0.3, -0.25) is 38.8 Å². The number of likely N-dealkylation sites (tertiary alicyclic amines) is 4. The quantitative estimate of drug-likeness (QED) is 0.0711. The first-order chi connectivity index (χ1) is 28.2. The van der Waals surface area contributed by atoms with E-state index in [9.17, 15) is 19.2 Å². The summed E-state index contributed by atoms with van der Waals surface area (Å²) in [5.74, 6) is 0.209. The van der Waals surface area contributed by atoms with Gasteiger partial charge >= 0.3 is 0 Å². The fraction of sp³-hybridized carbons (Fsp3) is 0.923. The summed E-state index contributed by atoms with van der Waals surface area (Å²) in [6.07, 6.45) is 32.2. The maximum absolute atomic E-state index is 13.1. The average molecular weight is 841 g/mol. The molecule has 0 aliphatic carbocycles. The Bertz CT molecular complexity index is 1200. The Morgan fingerprint density at radius 3 is 0.883 bits per heavy atom. The van der Waals surface area contributed by atoms with Crippen LogP contribution >= 0.6 is 0 Å². The van der Waals surface area contributed by atoms with Crippen molar-refractivity contribution < 1.29 is 19.2 Å². The lowest BCUT2D eigenvalue weighted by Gasteiger charge is -2.54. The third kappa shape index (κ3) is 15.2. The molecule has 4 heterocycles. The van der Waals surface area contributed by atoms with Gasteiger partial charge in [0.2, 0.25) is 23.6 Å². The molecule has 8 nitrogen and oxygen atoms in total. The molecule has 4 aliphatic heterocycles. The summed E-state index contributed by atoms with van der Waals surface area (Å²) in [7, 11) is 4.33. The standard InChI is InChI=1S/2C26H48N2O2/c2*1-7-8-9-10-11-12-13-14-15-16-17-21-18-23(29)28(24(21)30)22-19-25(2,3)27(6)26(4,5)20-22/h2*21-22H,7-20H2,1-6H3. The lowest BCUT2D eigenvalue weighted by molar-refractivity contribution is -0.148. The predicted molar refractivity (Wildman–Crippen MR) is 251 cm³/mol. The molecule has 8 heteroatoms. The summed E-state index contributed by atoms with van der Waals surface area (Å²) < 4.78 is 0. The highest BCUT2D eigenvalue weighted by atomic mass is 16.2. The van der Waals surface area contributed by atoms with Crippen LogP contribution in [0.25, 0.3) is 0 Å². The first kappa shape index (κ1) is 52.5. The van der Waals surface area contributed by atoms with E-state index in [2.05, 4.69) is 93.1 Å². The molecule has 0 aromatic rings. The number of imide groups is 2. The molecule has 2 unspecified atom stereocenters. The van der Waals surface area contributed by atoms with Gasteiger partial charge in [-0.1, -0.05) is 142 Å². The van der Waals surface area contributed by atoms with E-state index >= 15 is 0 Å². The second-order valence-corrected chi connectivity index (χ2v) is 22.4. The first-order valence-electron chi connectivity index (χ1n) is 25.4. The van der Waals surface area contributed by atoms with Gasteiger partial charge in [-0.2, -0.15) is 0 Å². The second-order valence-electron chi connectivity index (χ2n) is 22.4. The zero-order valence-electron chi connectivity index (χ0n) is 41.5. The molecule has 0 aromatic carbocycles. The molecule has 4 fully saturated rings. The van der Waals surface area contributed by atoms with E-state index in [1.807, 2.05) is 0 Å². The van der Waals surface area contributed by atoms with Gasteiger partial charge < -0.3 is 0 Å². The van der Waals surface area contributed by atoms with Crippen LogP contribution in [0.15, 0.2) is 0 Å². The summed E-state index contributed by atoms with van der Waals surface area (Å²) in [6, 6.07) is 0.0906. The molecule has 348 valence electrons. The van der Waals surface area contributed by atoms with Crippen LogP contribution in [0.4, 0.5) is 0 Å². The van der Waals surface area contributed by atoms with Gasteiger partial charge in [0.25, 0.3) is 0 Å². The predicted octanol–water partition coefficient (Wildman–Crippen LogP) is 12.6. The largest absolute Gasteiger partial charge is 0.296 e. The van der Waals surface area contributed by atoms with Crippen molar-refractivity contribution in [3.8, 4) is 0 Å². The molecular formula is C52H96N4O4. The molecule has 4 amide bonds. The van der Waals surface area contributed by atoms with Crippen LogP contribution in [0.1, 0.15) is 249 Å². The van der Waals surface area contributed by atoms with E-state index in [-0.39, 0.29) is 69.7 Å². The Labute approximate surface area is 370 Å². The van der Waals surface area contributed by atoms with Gasteiger partial charge in [-0.25, -0.2) is 0 Å². The lowest BCUT2D eigenvalue weighted by Crippen LogP contribution is -2.63. The molecule has 0 radical (unpaired) electrons. The van der Waals surface area contributed by atoms with Gasteiger partial charge in [-0.15, -0.1) is 0 Å². The SMILES string of the molecule is CCCCCCCCCCCCC1CC(=O)N(C2CC(C)(C)N(C)C(C)(C)C2)C1=O.CCCCCCCCCCCCC1CC(=O)N(C2CC(C)(C)N(C)C(C)(C)C2)C1=O. The second kappa shape index (κ2) is 24.3. The van der Waals surface area contributed by atoms with Crippen LogP contribution < -0.4 is 0 Å². The summed E-state index contributed by atoms with van der Waals surface area (Å²) in [5, 5.41) is 0. The van der Waals surface area contributed by atoms with E-state index in [0.29, 0.717) is 12.8 Å². The number of carbonyl (C=O) groups excluding carboxylic acids is 4. The molecular weight excluding hydrogens is 745 g/mol. The fourth-order valence-electron chi connectivity index (χ4n) is 11.4. The monoisotopic (exact) mass is 841 g/mol. The highest BCUT2D eigenvalue weighted by Gasteiger charge is 2.51. The van der Waals surface area contributed by atoms with Crippen molar-refractivity contribution in [1.82, 2.24) is 19.6 Å². The van der Waals surface area contributed by atoms with E-state index in [1.165, 1.54) is 116 Å². The van der Waals surface area contributed by atoms with Crippen molar-refractivity contribution in [3.05, 3.63) is 0 Å². The Morgan fingerprint density at radius 2 is 0.633 bits per heavy atom. The molecule has 60 heavy (non-hydrogen) atoms. The molecule has 0 saturated carbocycles. The minimum atomic E-state index is -0.0718. The number of nitrogens with zero attached hydrogens (tertiary/aromatic N) is 4. The maximum Gasteiger partial charge on any atom is 0.233 e. The minimum absolute atomic E-state index is 0.0123. The number of carbonyl (C=O) groups is 4. The van der Waals surface area contributed by atoms with Gasteiger partial charge in [0.05, 0.1) is 0 Å². The summed E-state index contributed by atoms with van der Waals surface area (Å²) in [5.41, 5.74) is -0.0492. The highest BCUT2D eigenvalue weighted by molar-refractivity contribution is 6.04. The van der Waals surface area contributed by atoms with Crippen molar-refractivity contribution in [2.45, 2.75) is 283 Å². The number of piperidine rings is 2. The van der Waals surface area contributed by atoms with Gasteiger partial charge in [0.15, 0.2) is 0 Å². The van der Waals surface area contributed by atoms with Crippen molar-refractivity contribution in [2.75, 3.05) is 14.1 Å². The van der Waals surface area contributed by atoms with Crippen molar-refractivity contribution in [3.63, 3.8) is 0 Å². The smallest absolute Gasteiger partial charge is 0.233 e. The first-order valence-corrected chi connectivity index (χ1v) is 25.4. The van der Waals surface area contributed by atoms with Crippen molar-refractivity contribution >= 4 is 23.6 Å². The Kier molecular flexibility index (Phi) is 21.3. The molecule has 0 N–H and O–H groups in total.